The number of aromatic hydroxyl groups is 1. The first kappa shape index (κ1) is 40.8. The minimum atomic E-state index is -1.04. The number of anilines is 1. The van der Waals surface area contributed by atoms with Crippen LogP contribution in [0.15, 0.2) is 78.9 Å². The van der Waals surface area contributed by atoms with E-state index < -0.39 is 23.7 Å². The lowest BCUT2D eigenvalue weighted by atomic mass is 9.60. The van der Waals surface area contributed by atoms with Crippen molar-refractivity contribution in [3.8, 4) is 45.6 Å². The number of benzene rings is 5. The first-order valence-electron chi connectivity index (χ1n) is 22.5. The number of methoxy groups -OCH3 is 2. The van der Waals surface area contributed by atoms with E-state index in [1.54, 1.807) is 19.2 Å². The summed E-state index contributed by atoms with van der Waals surface area (Å²) in [6.45, 7) is 3.15. The fourth-order valence-corrected chi connectivity index (χ4v) is 12.2. The Hall–Kier alpha value is -5.98. The zero-order valence-corrected chi connectivity index (χ0v) is 36.3. The molecule has 0 radical (unpaired) electrons. The third-order valence-electron chi connectivity index (χ3n) is 15.1. The number of hydrogen-bond donors (Lipinski definition) is 6. The molecule has 5 aromatic rings. The van der Waals surface area contributed by atoms with Gasteiger partial charge >= 0.3 is 0 Å². The van der Waals surface area contributed by atoms with Gasteiger partial charge in [0.25, 0.3) is 0 Å². The highest BCUT2D eigenvalue weighted by Crippen LogP contribution is 2.61. The molecule has 0 unspecified atom stereocenters. The first-order valence-corrected chi connectivity index (χ1v) is 22.5. The van der Waals surface area contributed by atoms with E-state index in [1.807, 2.05) is 19.1 Å². The molecule has 11 rings (SSSR count). The lowest BCUT2D eigenvalue weighted by Crippen LogP contribution is -2.46. The van der Waals surface area contributed by atoms with Gasteiger partial charge in [-0.15, -0.1) is 0 Å². The molecular weight excluding hydrogens is 809 g/mol. The summed E-state index contributed by atoms with van der Waals surface area (Å²) in [7, 11) is 3.14. The highest BCUT2D eigenvalue weighted by Gasteiger charge is 2.57. The molecule has 330 valence electrons. The van der Waals surface area contributed by atoms with Crippen molar-refractivity contribution in [1.82, 2.24) is 5.32 Å². The average Bonchev–Trinajstić information content (AvgIpc) is 3.65. The number of hydrogen-bond acceptors (Lipinski definition) is 11. The summed E-state index contributed by atoms with van der Waals surface area (Å²) < 4.78 is 31.0. The number of phenols is 1. The van der Waals surface area contributed by atoms with Crippen LogP contribution in [0.1, 0.15) is 70.5 Å². The second kappa shape index (κ2) is 15.9. The number of aliphatic hydroxyl groups excluding tert-OH is 3. The maximum absolute atomic E-state index is 12.5. The lowest BCUT2D eigenvalue weighted by Gasteiger charge is -2.45. The molecule has 1 fully saturated rings. The topological polar surface area (TPSA) is 151 Å². The van der Waals surface area contributed by atoms with E-state index in [0.717, 1.165) is 40.8 Å². The molecule has 2 aliphatic heterocycles. The van der Waals surface area contributed by atoms with Crippen LogP contribution in [0.4, 0.5) is 5.69 Å². The number of phenolic OH excluding ortho intramolecular Hbond substituents is 1. The van der Waals surface area contributed by atoms with Gasteiger partial charge in [0, 0.05) is 57.3 Å². The fraction of sp³-hybridized carbons (Fsp3) is 0.358. The van der Waals surface area contributed by atoms with Gasteiger partial charge in [0.05, 0.1) is 45.7 Å². The molecule has 5 aromatic carbocycles. The Bertz CT molecular complexity index is 2840. The van der Waals surface area contributed by atoms with Crippen molar-refractivity contribution in [2.45, 2.75) is 49.9 Å². The van der Waals surface area contributed by atoms with Crippen molar-refractivity contribution in [3.05, 3.63) is 128 Å². The van der Waals surface area contributed by atoms with Crippen molar-refractivity contribution in [3.63, 3.8) is 0 Å². The van der Waals surface area contributed by atoms with Gasteiger partial charge in [-0.05, 0) is 88.4 Å². The Balaban J connectivity index is 0.938. The van der Waals surface area contributed by atoms with E-state index in [2.05, 4.69) is 83.5 Å². The van der Waals surface area contributed by atoms with Crippen LogP contribution in [0.5, 0.6) is 34.5 Å². The third kappa shape index (κ3) is 6.15. The maximum Gasteiger partial charge on any atom is 0.200 e. The van der Waals surface area contributed by atoms with Crippen molar-refractivity contribution in [2.75, 3.05) is 52.6 Å². The molecule has 64 heavy (non-hydrogen) atoms. The smallest absolute Gasteiger partial charge is 0.200 e. The standard InChI is InChI=1S/C53H54N2O9/c1-4-54-27-64-43-22-41(60-2)34-14-15-35-46-40(55-52(59)49(43)48(34)46)21-42-47(35)50(57)37(26-63-42)31-19-44(61-3)51(58)45(20-31)62-25-33(24-56)53-23-32-17-29-10-5-6-11-30(29)18-36(32)39(53)16-13-28-9-7-8-12-38(28)53/h5-13,16-22,32-33,36-37,39,50,52,54-59H,4,14-15,23-27H2,1-3H3/t32-,33+,36-,37-,39-,50-,52+,53-/m0/s1. The quantitative estimate of drug-likeness (QED) is 0.0627. The monoisotopic (exact) mass is 862 g/mol. The molecule has 11 heteroatoms. The van der Waals surface area contributed by atoms with E-state index >= 15 is 0 Å². The molecule has 6 N–H and O–H groups in total. The number of nitrogens with one attached hydrogen (secondary N) is 2. The summed E-state index contributed by atoms with van der Waals surface area (Å²) >= 11 is 0. The Morgan fingerprint density at radius 2 is 1.62 bits per heavy atom. The highest BCUT2D eigenvalue weighted by atomic mass is 16.5. The van der Waals surface area contributed by atoms with Crippen LogP contribution in [0.25, 0.3) is 29.4 Å². The zero-order valence-electron chi connectivity index (χ0n) is 36.3. The van der Waals surface area contributed by atoms with E-state index in [1.165, 1.54) is 23.1 Å². The molecule has 8 atom stereocenters. The average molecular weight is 863 g/mol. The first-order chi connectivity index (χ1) is 31.3. The molecule has 0 spiro atoms. The summed E-state index contributed by atoms with van der Waals surface area (Å²) in [6.07, 6.45) is 9.45. The predicted octanol–water partition coefficient (Wildman–Crippen LogP) is 6.23. The SMILES string of the molecule is CCNCOc1cc(OC)c2c3c1[C@@H](O)Nc1cc4c(c(c1-3)CC2)[C@@H](O)[C@H](c1cc(OC)c(O)c(OC[C@@H](CO)[C@]23C[C@@H]5C=c6ccccc6=C[C@@H]5[C@@H]2C=Cc2ccccc23)c1)CO4. The number of ether oxygens (including phenoxy) is 5. The molecule has 0 amide bonds. The van der Waals surface area contributed by atoms with E-state index in [0.29, 0.717) is 52.5 Å². The van der Waals surface area contributed by atoms with Gasteiger partial charge in [-0.2, -0.15) is 0 Å². The number of fused-ring (bicyclic) bond motifs is 8. The van der Waals surface area contributed by atoms with Crippen LogP contribution in [-0.4, -0.2) is 67.7 Å². The van der Waals surface area contributed by atoms with Crippen molar-refractivity contribution < 1.29 is 44.1 Å². The van der Waals surface area contributed by atoms with Crippen LogP contribution in [-0.2, 0) is 18.3 Å². The van der Waals surface area contributed by atoms with E-state index in [9.17, 15) is 20.4 Å². The molecule has 11 nitrogen and oxygen atoms in total. The van der Waals surface area contributed by atoms with Crippen LogP contribution in [0.2, 0.25) is 0 Å². The summed E-state index contributed by atoms with van der Waals surface area (Å²) in [5.41, 5.74) is 8.28. The summed E-state index contributed by atoms with van der Waals surface area (Å²) in [4.78, 5) is 0. The van der Waals surface area contributed by atoms with E-state index in [4.69, 9.17) is 23.7 Å². The van der Waals surface area contributed by atoms with Crippen LogP contribution in [0.3, 0.4) is 0 Å². The Labute approximate surface area is 372 Å². The second-order valence-electron chi connectivity index (χ2n) is 18.0. The Kier molecular flexibility index (Phi) is 10.1. The molecule has 6 aliphatic rings. The normalized spacial score (nSPS) is 25.3. The van der Waals surface area contributed by atoms with Gasteiger partial charge in [0.1, 0.15) is 24.0 Å². The number of rotatable bonds is 12. The van der Waals surface area contributed by atoms with Crippen LogP contribution < -0.4 is 44.8 Å². The summed E-state index contributed by atoms with van der Waals surface area (Å²) in [6, 6.07) is 24.3. The van der Waals surface area contributed by atoms with Gasteiger partial charge in [-0.1, -0.05) is 79.8 Å². The van der Waals surface area contributed by atoms with E-state index in [-0.39, 0.29) is 67.5 Å². The predicted molar refractivity (Wildman–Crippen MR) is 244 cm³/mol. The van der Waals surface area contributed by atoms with Gasteiger partial charge in [-0.25, -0.2) is 0 Å². The van der Waals surface area contributed by atoms with Crippen LogP contribution in [0, 0.1) is 23.7 Å². The fourth-order valence-electron chi connectivity index (χ4n) is 12.2. The summed E-state index contributed by atoms with van der Waals surface area (Å²) in [5.74, 6) is 1.78. The van der Waals surface area contributed by atoms with Crippen molar-refractivity contribution in [1.29, 1.82) is 0 Å². The van der Waals surface area contributed by atoms with Gasteiger partial charge in [-0.3, -0.25) is 5.32 Å². The van der Waals surface area contributed by atoms with Crippen molar-refractivity contribution >= 4 is 23.9 Å². The highest BCUT2D eigenvalue weighted by molar-refractivity contribution is 5.93. The Morgan fingerprint density at radius 1 is 0.859 bits per heavy atom. The van der Waals surface area contributed by atoms with Gasteiger partial charge in [0.2, 0.25) is 5.75 Å². The third-order valence-corrected chi connectivity index (χ3v) is 15.1. The molecule has 0 saturated heterocycles. The minimum Gasteiger partial charge on any atom is -0.502 e. The maximum atomic E-state index is 12.5. The van der Waals surface area contributed by atoms with Crippen LogP contribution >= 0.6 is 0 Å². The molecule has 2 heterocycles. The number of allylic oxidation sites excluding steroid dienone is 1. The number of aliphatic hydroxyl groups is 3. The second-order valence-corrected chi connectivity index (χ2v) is 18.0. The molecule has 0 bridgehead atoms. The zero-order chi connectivity index (χ0) is 43.9. The lowest BCUT2D eigenvalue weighted by molar-refractivity contribution is 0.0768. The van der Waals surface area contributed by atoms with Gasteiger partial charge in [0.15, 0.2) is 17.7 Å². The largest absolute Gasteiger partial charge is 0.502 e. The molecule has 0 aromatic heterocycles. The molecule has 1 saturated carbocycles. The van der Waals surface area contributed by atoms with Crippen molar-refractivity contribution in [2.24, 2.45) is 23.7 Å². The summed E-state index contributed by atoms with van der Waals surface area (Å²) in [5, 5.41) is 56.0. The van der Waals surface area contributed by atoms with Gasteiger partial charge < -0.3 is 49.4 Å². The minimum absolute atomic E-state index is 0.117. The molecule has 4 aliphatic carbocycles. The molecular formula is C53H54N2O9. The Morgan fingerprint density at radius 3 is 2.42 bits per heavy atom.